The zero-order valence-corrected chi connectivity index (χ0v) is 18.7. The molecule has 1 amide bonds. The third kappa shape index (κ3) is 5.51. The lowest BCUT2D eigenvalue weighted by Crippen LogP contribution is -2.34. The van der Waals surface area contributed by atoms with Gasteiger partial charge in [0.2, 0.25) is 5.76 Å². The summed E-state index contributed by atoms with van der Waals surface area (Å²) >= 11 is 11.5. The Morgan fingerprint density at radius 1 is 1.03 bits per heavy atom. The molecule has 0 saturated carbocycles. The lowest BCUT2D eigenvalue weighted by atomic mass is 9.87. The number of nitrogens with one attached hydrogen (secondary N) is 2. The van der Waals surface area contributed by atoms with Crippen molar-refractivity contribution in [2.75, 3.05) is 5.32 Å². The van der Waals surface area contributed by atoms with Gasteiger partial charge in [-0.3, -0.25) is 10.1 Å². The number of carbonyl (C=O) groups is 2. The number of carboxylic acids is 1. The van der Waals surface area contributed by atoms with Crippen molar-refractivity contribution in [1.29, 1.82) is 0 Å². The maximum atomic E-state index is 12.5. The van der Waals surface area contributed by atoms with E-state index in [1.54, 1.807) is 30.3 Å². The summed E-state index contributed by atoms with van der Waals surface area (Å²) < 4.78 is 5.31. The maximum Gasteiger partial charge on any atom is 0.371 e. The van der Waals surface area contributed by atoms with Gasteiger partial charge in [-0.05, 0) is 65.7 Å². The molecule has 0 spiro atoms. The van der Waals surface area contributed by atoms with Gasteiger partial charge >= 0.3 is 5.97 Å². The molecular formula is C23H21ClN2O4S. The number of rotatable bonds is 4. The first kappa shape index (κ1) is 22.5. The molecule has 0 unspecified atom stereocenters. The van der Waals surface area contributed by atoms with Crippen LogP contribution in [0.5, 0.6) is 0 Å². The molecule has 160 valence electrons. The number of hydrogen-bond donors (Lipinski definition) is 3. The minimum absolute atomic E-state index is 0.00260. The largest absolute Gasteiger partial charge is 0.475 e. The summed E-state index contributed by atoms with van der Waals surface area (Å²) in [7, 11) is 0. The molecule has 31 heavy (non-hydrogen) atoms. The Balaban J connectivity index is 1.70. The Morgan fingerprint density at radius 3 is 2.29 bits per heavy atom. The monoisotopic (exact) mass is 456 g/mol. The molecule has 2 aromatic carbocycles. The molecule has 0 bridgehead atoms. The van der Waals surface area contributed by atoms with Crippen molar-refractivity contribution in [2.24, 2.45) is 0 Å². The van der Waals surface area contributed by atoms with Crippen LogP contribution < -0.4 is 10.6 Å². The first-order chi connectivity index (χ1) is 14.5. The van der Waals surface area contributed by atoms with Crippen LogP contribution in [0.15, 0.2) is 59.0 Å². The average Bonchev–Trinajstić information content (AvgIpc) is 3.19. The van der Waals surface area contributed by atoms with Crippen LogP contribution in [-0.2, 0) is 5.41 Å². The highest BCUT2D eigenvalue weighted by Crippen LogP contribution is 2.32. The van der Waals surface area contributed by atoms with Gasteiger partial charge in [-0.2, -0.15) is 0 Å². The first-order valence-corrected chi connectivity index (χ1v) is 10.2. The molecule has 0 fully saturated rings. The Bertz CT molecular complexity index is 1150. The van der Waals surface area contributed by atoms with Crippen LogP contribution in [0, 0.1) is 0 Å². The summed E-state index contributed by atoms with van der Waals surface area (Å²) in [5.41, 5.74) is 2.66. The minimum atomic E-state index is -1.17. The highest BCUT2D eigenvalue weighted by molar-refractivity contribution is 7.80. The lowest BCUT2D eigenvalue weighted by Gasteiger charge is -2.19. The topological polar surface area (TPSA) is 91.6 Å². The quantitative estimate of drug-likeness (QED) is 0.435. The second-order valence-electron chi connectivity index (χ2n) is 7.90. The number of thiocarbonyl (C=S) groups is 1. The standard InChI is InChI=1S/C23H21ClN2O4S/c1-23(2,3)14-6-4-13(5-7-14)20(27)26-22(31)25-15-8-9-17(24)16(12-15)18-10-11-19(30-18)21(28)29/h4-12H,1-3H3,(H,28,29)(H2,25,26,27,31). The van der Waals surface area contributed by atoms with Gasteiger partial charge in [-0.15, -0.1) is 0 Å². The number of furan rings is 1. The molecule has 0 aliphatic carbocycles. The van der Waals surface area contributed by atoms with E-state index in [1.807, 2.05) is 12.1 Å². The van der Waals surface area contributed by atoms with Crippen LogP contribution in [-0.4, -0.2) is 22.1 Å². The number of benzene rings is 2. The van der Waals surface area contributed by atoms with Crippen molar-refractivity contribution in [3.63, 3.8) is 0 Å². The third-order valence-electron chi connectivity index (χ3n) is 4.55. The van der Waals surface area contributed by atoms with Gasteiger partial charge in [-0.1, -0.05) is 44.5 Å². The van der Waals surface area contributed by atoms with E-state index in [4.69, 9.17) is 33.3 Å². The van der Waals surface area contributed by atoms with Gasteiger partial charge in [0.15, 0.2) is 5.11 Å². The normalized spacial score (nSPS) is 11.1. The van der Waals surface area contributed by atoms with Crippen LogP contribution in [0.2, 0.25) is 5.02 Å². The van der Waals surface area contributed by atoms with Crippen LogP contribution >= 0.6 is 23.8 Å². The van der Waals surface area contributed by atoms with Crippen molar-refractivity contribution < 1.29 is 19.1 Å². The smallest absolute Gasteiger partial charge is 0.371 e. The number of amides is 1. The Kier molecular flexibility index (Phi) is 6.48. The molecule has 0 aliphatic rings. The average molecular weight is 457 g/mol. The summed E-state index contributed by atoms with van der Waals surface area (Å²) in [5.74, 6) is -1.38. The Morgan fingerprint density at radius 2 is 1.71 bits per heavy atom. The Hall–Kier alpha value is -3.16. The van der Waals surface area contributed by atoms with Crippen molar-refractivity contribution in [2.45, 2.75) is 26.2 Å². The summed E-state index contributed by atoms with van der Waals surface area (Å²) in [6.45, 7) is 6.31. The Labute approximate surface area is 190 Å². The van der Waals surface area contributed by atoms with E-state index in [0.29, 0.717) is 27.6 Å². The number of aromatic carboxylic acids is 1. The van der Waals surface area contributed by atoms with E-state index in [0.717, 1.165) is 5.56 Å². The summed E-state index contributed by atoms with van der Waals surface area (Å²) in [5, 5.41) is 15.1. The molecule has 3 N–H and O–H groups in total. The number of carboxylic acid groups (broad SMARTS) is 1. The fraction of sp³-hybridized carbons (Fsp3) is 0.174. The molecular weight excluding hydrogens is 436 g/mol. The van der Waals surface area contributed by atoms with E-state index in [1.165, 1.54) is 12.1 Å². The predicted molar refractivity (Wildman–Crippen MR) is 125 cm³/mol. The first-order valence-electron chi connectivity index (χ1n) is 9.40. The number of hydrogen-bond acceptors (Lipinski definition) is 4. The van der Waals surface area contributed by atoms with Gasteiger partial charge in [0.25, 0.3) is 5.91 Å². The highest BCUT2D eigenvalue weighted by Gasteiger charge is 2.16. The van der Waals surface area contributed by atoms with E-state index in [2.05, 4.69) is 31.4 Å². The molecule has 6 nitrogen and oxygen atoms in total. The summed E-state index contributed by atoms with van der Waals surface area (Å²) in [4.78, 5) is 23.5. The van der Waals surface area contributed by atoms with Gasteiger partial charge < -0.3 is 14.8 Å². The predicted octanol–water partition coefficient (Wildman–Crippen LogP) is 5.72. The van der Waals surface area contributed by atoms with E-state index < -0.39 is 5.97 Å². The van der Waals surface area contributed by atoms with E-state index >= 15 is 0 Å². The number of carbonyl (C=O) groups excluding carboxylic acids is 1. The van der Waals surface area contributed by atoms with E-state index in [-0.39, 0.29) is 22.2 Å². The molecule has 0 aliphatic heterocycles. The van der Waals surface area contributed by atoms with Gasteiger partial charge in [0.05, 0.1) is 5.02 Å². The van der Waals surface area contributed by atoms with Gasteiger partial charge in [0.1, 0.15) is 5.76 Å². The zero-order chi connectivity index (χ0) is 22.8. The molecule has 3 aromatic rings. The second-order valence-corrected chi connectivity index (χ2v) is 8.71. The molecule has 0 radical (unpaired) electrons. The summed E-state index contributed by atoms with van der Waals surface area (Å²) in [6.07, 6.45) is 0. The molecule has 1 aromatic heterocycles. The molecule has 3 rings (SSSR count). The van der Waals surface area contributed by atoms with Crippen LogP contribution in [0.25, 0.3) is 11.3 Å². The van der Waals surface area contributed by atoms with Crippen LogP contribution in [0.1, 0.15) is 47.2 Å². The van der Waals surface area contributed by atoms with Crippen molar-refractivity contribution >= 4 is 46.5 Å². The maximum absolute atomic E-state index is 12.5. The van der Waals surface area contributed by atoms with E-state index in [9.17, 15) is 9.59 Å². The molecule has 8 heteroatoms. The number of anilines is 1. The SMILES string of the molecule is CC(C)(C)c1ccc(C(=O)NC(=S)Nc2ccc(Cl)c(-c3ccc(C(=O)O)o3)c2)cc1. The van der Waals surface area contributed by atoms with Crippen molar-refractivity contribution in [3.05, 3.63) is 76.5 Å². The van der Waals surface area contributed by atoms with Crippen LogP contribution in [0.4, 0.5) is 5.69 Å². The molecule has 0 saturated heterocycles. The van der Waals surface area contributed by atoms with Crippen molar-refractivity contribution in [1.82, 2.24) is 5.32 Å². The summed E-state index contributed by atoms with van der Waals surface area (Å²) in [6, 6.07) is 15.2. The van der Waals surface area contributed by atoms with Crippen LogP contribution in [0.3, 0.4) is 0 Å². The fourth-order valence-electron chi connectivity index (χ4n) is 2.85. The molecule has 1 heterocycles. The lowest BCUT2D eigenvalue weighted by molar-refractivity contribution is 0.0663. The molecule has 0 atom stereocenters. The highest BCUT2D eigenvalue weighted by atomic mass is 35.5. The number of halogens is 1. The van der Waals surface area contributed by atoms with Gasteiger partial charge in [-0.25, -0.2) is 4.79 Å². The second kappa shape index (κ2) is 8.91. The third-order valence-corrected chi connectivity index (χ3v) is 5.08. The van der Waals surface area contributed by atoms with Gasteiger partial charge in [0, 0.05) is 16.8 Å². The van der Waals surface area contributed by atoms with Crippen molar-refractivity contribution in [3.8, 4) is 11.3 Å². The zero-order valence-electron chi connectivity index (χ0n) is 17.2. The minimum Gasteiger partial charge on any atom is -0.475 e. The fourth-order valence-corrected chi connectivity index (χ4v) is 3.27.